The molecule has 1 nitrogen and oxygen atoms in total. The highest BCUT2D eigenvalue weighted by Crippen LogP contribution is 2.22. The van der Waals surface area contributed by atoms with Gasteiger partial charge in [-0.2, -0.15) is 0 Å². The standard InChI is InChI=1S/C17H28BrN/c1-3-5-6-7-8-9-17(19-14-4-2)15-10-12-16(18)13-11-15/h10-13,17,19H,3-9,14H2,1-2H3. The lowest BCUT2D eigenvalue weighted by Crippen LogP contribution is -2.22. The number of benzene rings is 1. The monoisotopic (exact) mass is 325 g/mol. The van der Waals surface area contributed by atoms with Crippen LogP contribution in [-0.2, 0) is 0 Å². The van der Waals surface area contributed by atoms with Gasteiger partial charge in [-0.05, 0) is 37.1 Å². The van der Waals surface area contributed by atoms with Gasteiger partial charge in [-0.3, -0.25) is 0 Å². The summed E-state index contributed by atoms with van der Waals surface area (Å²) in [6.07, 6.45) is 9.24. The van der Waals surface area contributed by atoms with Crippen molar-refractivity contribution >= 4 is 15.9 Å². The Kier molecular flexibility index (Phi) is 9.19. The largest absolute Gasteiger partial charge is 0.310 e. The van der Waals surface area contributed by atoms with E-state index in [0.717, 1.165) is 11.0 Å². The van der Waals surface area contributed by atoms with Crippen molar-refractivity contribution in [2.45, 2.75) is 64.8 Å². The van der Waals surface area contributed by atoms with Gasteiger partial charge in [-0.25, -0.2) is 0 Å². The molecule has 2 heteroatoms. The van der Waals surface area contributed by atoms with Crippen LogP contribution in [0.2, 0.25) is 0 Å². The second-order valence-corrected chi connectivity index (χ2v) is 6.18. The molecular formula is C17H28BrN. The molecule has 108 valence electrons. The van der Waals surface area contributed by atoms with Gasteiger partial charge in [0.1, 0.15) is 0 Å². The summed E-state index contributed by atoms with van der Waals surface area (Å²) in [5, 5.41) is 3.68. The Hall–Kier alpha value is -0.340. The SMILES string of the molecule is CCCCCCCC(NCCC)c1ccc(Br)cc1. The van der Waals surface area contributed by atoms with E-state index >= 15 is 0 Å². The van der Waals surface area contributed by atoms with E-state index in [1.54, 1.807) is 0 Å². The van der Waals surface area contributed by atoms with Gasteiger partial charge in [-0.1, -0.05) is 74.0 Å². The first-order valence-corrected chi connectivity index (χ1v) is 8.56. The second-order valence-electron chi connectivity index (χ2n) is 5.26. The lowest BCUT2D eigenvalue weighted by atomic mass is 9.99. The zero-order valence-corrected chi connectivity index (χ0v) is 14.0. The van der Waals surface area contributed by atoms with E-state index < -0.39 is 0 Å². The summed E-state index contributed by atoms with van der Waals surface area (Å²) in [7, 11) is 0. The maximum atomic E-state index is 3.68. The summed E-state index contributed by atoms with van der Waals surface area (Å²) < 4.78 is 1.16. The number of halogens is 1. The quantitative estimate of drug-likeness (QED) is 0.532. The van der Waals surface area contributed by atoms with Crippen molar-refractivity contribution in [3.05, 3.63) is 34.3 Å². The molecule has 0 saturated heterocycles. The van der Waals surface area contributed by atoms with Gasteiger partial charge in [-0.15, -0.1) is 0 Å². The summed E-state index contributed by atoms with van der Waals surface area (Å²) in [6.45, 7) is 5.61. The first-order valence-electron chi connectivity index (χ1n) is 7.76. The Morgan fingerprint density at radius 2 is 1.63 bits per heavy atom. The van der Waals surface area contributed by atoms with Gasteiger partial charge in [0.15, 0.2) is 0 Å². The highest BCUT2D eigenvalue weighted by Gasteiger charge is 2.09. The normalized spacial score (nSPS) is 12.6. The predicted molar refractivity (Wildman–Crippen MR) is 88.6 cm³/mol. The van der Waals surface area contributed by atoms with E-state index in [0.29, 0.717) is 6.04 Å². The van der Waals surface area contributed by atoms with Gasteiger partial charge >= 0.3 is 0 Å². The minimum atomic E-state index is 0.523. The maximum absolute atomic E-state index is 3.68. The van der Waals surface area contributed by atoms with Crippen LogP contribution in [0.1, 0.15) is 70.4 Å². The predicted octanol–water partition coefficient (Wildman–Crippen LogP) is 5.85. The van der Waals surface area contributed by atoms with Crippen molar-refractivity contribution < 1.29 is 0 Å². The molecular weight excluding hydrogens is 298 g/mol. The molecule has 0 radical (unpaired) electrons. The number of hydrogen-bond donors (Lipinski definition) is 1. The van der Waals surface area contributed by atoms with Crippen LogP contribution in [-0.4, -0.2) is 6.54 Å². The van der Waals surface area contributed by atoms with E-state index in [9.17, 15) is 0 Å². The molecule has 0 fully saturated rings. The van der Waals surface area contributed by atoms with E-state index in [-0.39, 0.29) is 0 Å². The number of rotatable bonds is 10. The van der Waals surface area contributed by atoms with Crippen LogP contribution in [0.25, 0.3) is 0 Å². The van der Waals surface area contributed by atoms with Crippen molar-refractivity contribution in [2.24, 2.45) is 0 Å². The fourth-order valence-electron chi connectivity index (χ4n) is 2.35. The molecule has 0 heterocycles. The van der Waals surface area contributed by atoms with Gasteiger partial charge in [0, 0.05) is 10.5 Å². The van der Waals surface area contributed by atoms with E-state index in [1.807, 2.05) is 0 Å². The molecule has 1 rings (SSSR count). The van der Waals surface area contributed by atoms with Gasteiger partial charge < -0.3 is 5.32 Å². The zero-order chi connectivity index (χ0) is 13.9. The summed E-state index contributed by atoms with van der Waals surface area (Å²) in [6, 6.07) is 9.29. The van der Waals surface area contributed by atoms with Crippen molar-refractivity contribution in [1.29, 1.82) is 0 Å². The zero-order valence-electron chi connectivity index (χ0n) is 12.4. The Bertz CT molecular complexity index is 321. The molecule has 0 aromatic heterocycles. The van der Waals surface area contributed by atoms with Crippen LogP contribution in [0.3, 0.4) is 0 Å². The summed E-state index contributed by atoms with van der Waals surface area (Å²) in [4.78, 5) is 0. The van der Waals surface area contributed by atoms with Crippen LogP contribution >= 0.6 is 15.9 Å². The molecule has 1 aromatic rings. The van der Waals surface area contributed by atoms with E-state index in [4.69, 9.17) is 0 Å². The van der Waals surface area contributed by atoms with Crippen molar-refractivity contribution in [3.8, 4) is 0 Å². The summed E-state index contributed by atoms with van der Waals surface area (Å²) in [5.74, 6) is 0. The Morgan fingerprint density at radius 3 is 2.26 bits per heavy atom. The van der Waals surface area contributed by atoms with Crippen molar-refractivity contribution in [3.63, 3.8) is 0 Å². The molecule has 1 unspecified atom stereocenters. The van der Waals surface area contributed by atoms with Crippen molar-refractivity contribution in [2.75, 3.05) is 6.54 Å². The molecule has 0 amide bonds. The smallest absolute Gasteiger partial charge is 0.0320 e. The Labute approximate surface area is 127 Å². The number of nitrogens with one attached hydrogen (secondary N) is 1. The van der Waals surface area contributed by atoms with Crippen LogP contribution in [0.15, 0.2) is 28.7 Å². The molecule has 1 aromatic carbocycles. The van der Waals surface area contributed by atoms with Crippen molar-refractivity contribution in [1.82, 2.24) is 5.32 Å². The average molecular weight is 326 g/mol. The van der Waals surface area contributed by atoms with Crippen LogP contribution in [0.4, 0.5) is 0 Å². The van der Waals surface area contributed by atoms with Crippen LogP contribution in [0, 0.1) is 0 Å². The van der Waals surface area contributed by atoms with Crippen LogP contribution in [0.5, 0.6) is 0 Å². The maximum Gasteiger partial charge on any atom is 0.0320 e. The van der Waals surface area contributed by atoms with Crippen LogP contribution < -0.4 is 5.32 Å². The first kappa shape index (κ1) is 16.7. The topological polar surface area (TPSA) is 12.0 Å². The van der Waals surface area contributed by atoms with Gasteiger partial charge in [0.2, 0.25) is 0 Å². The Balaban J connectivity index is 2.44. The molecule has 0 aliphatic carbocycles. The third kappa shape index (κ3) is 7.12. The summed E-state index contributed by atoms with van der Waals surface area (Å²) in [5.41, 5.74) is 1.42. The first-order chi connectivity index (χ1) is 9.27. The number of hydrogen-bond acceptors (Lipinski definition) is 1. The minimum Gasteiger partial charge on any atom is -0.310 e. The molecule has 19 heavy (non-hydrogen) atoms. The average Bonchev–Trinajstić information content (AvgIpc) is 2.43. The fraction of sp³-hybridized carbons (Fsp3) is 0.647. The van der Waals surface area contributed by atoms with E-state index in [2.05, 4.69) is 59.4 Å². The third-order valence-electron chi connectivity index (χ3n) is 3.51. The molecule has 0 spiro atoms. The molecule has 0 saturated carbocycles. The lowest BCUT2D eigenvalue weighted by molar-refractivity contribution is 0.468. The lowest BCUT2D eigenvalue weighted by Gasteiger charge is -2.19. The van der Waals surface area contributed by atoms with E-state index in [1.165, 1.54) is 50.5 Å². The highest BCUT2D eigenvalue weighted by molar-refractivity contribution is 9.10. The molecule has 0 bridgehead atoms. The third-order valence-corrected chi connectivity index (χ3v) is 4.04. The summed E-state index contributed by atoms with van der Waals surface area (Å²) >= 11 is 3.51. The molecule has 1 N–H and O–H groups in total. The number of unbranched alkanes of at least 4 members (excludes halogenated alkanes) is 4. The minimum absolute atomic E-state index is 0.523. The molecule has 0 aliphatic heterocycles. The second kappa shape index (κ2) is 10.4. The Morgan fingerprint density at radius 1 is 0.947 bits per heavy atom. The molecule has 0 aliphatic rings. The molecule has 1 atom stereocenters. The van der Waals surface area contributed by atoms with Gasteiger partial charge in [0.25, 0.3) is 0 Å². The highest BCUT2D eigenvalue weighted by atomic mass is 79.9. The van der Waals surface area contributed by atoms with Gasteiger partial charge in [0.05, 0.1) is 0 Å². The fourth-order valence-corrected chi connectivity index (χ4v) is 2.62.